The first-order chi connectivity index (χ1) is 19.9. The van der Waals surface area contributed by atoms with Crippen molar-refractivity contribution in [3.63, 3.8) is 0 Å². The van der Waals surface area contributed by atoms with Crippen molar-refractivity contribution in [1.29, 1.82) is 0 Å². The highest BCUT2D eigenvalue weighted by Crippen LogP contribution is 2.28. The normalized spacial score (nSPS) is 16.2. The molecule has 0 bridgehead atoms. The summed E-state index contributed by atoms with van der Waals surface area (Å²) < 4.78 is 74.7. The van der Waals surface area contributed by atoms with Crippen LogP contribution < -0.4 is 15.0 Å². The number of nitrogens with one attached hydrogen (secondary N) is 1. The molecule has 4 rings (SSSR count). The lowest BCUT2D eigenvalue weighted by atomic mass is 10.1. The molecule has 12 nitrogen and oxygen atoms in total. The number of ether oxygens (including phenoxy) is 2. The number of aromatic carboxylic acids is 1. The van der Waals surface area contributed by atoms with Gasteiger partial charge in [-0.15, -0.1) is 13.2 Å². The molecule has 0 unspecified atom stereocenters. The molecule has 2 aromatic carbocycles. The number of carbonyl (C=O) groups is 2. The average molecular weight is 610 g/mol. The number of nitrogens with zero attached hydrogens (tertiary/aromatic N) is 4. The molecule has 1 amide bonds. The maximum absolute atomic E-state index is 13.6. The first-order valence-electron chi connectivity index (χ1n) is 12.4. The number of alkyl halides is 3. The van der Waals surface area contributed by atoms with E-state index in [1.807, 2.05) is 12.1 Å². The van der Waals surface area contributed by atoms with Crippen LogP contribution in [-0.4, -0.2) is 78.8 Å². The van der Waals surface area contributed by atoms with Crippen molar-refractivity contribution in [2.75, 3.05) is 31.6 Å². The van der Waals surface area contributed by atoms with E-state index in [-0.39, 0.29) is 42.6 Å². The zero-order chi connectivity index (χ0) is 30.5. The Morgan fingerprint density at radius 3 is 2.26 bits per heavy atom. The summed E-state index contributed by atoms with van der Waals surface area (Å²) in [5.41, 5.74) is 1.39. The van der Waals surface area contributed by atoms with Gasteiger partial charge in [-0.1, -0.05) is 24.3 Å². The smallest absolute Gasteiger partial charge is 0.476 e. The summed E-state index contributed by atoms with van der Waals surface area (Å²) in [5.74, 6) is -2.27. The molecule has 1 fully saturated rings. The van der Waals surface area contributed by atoms with Crippen molar-refractivity contribution in [1.82, 2.24) is 19.6 Å². The number of piperazine rings is 1. The first kappa shape index (κ1) is 30.7. The number of sulfonamides is 1. The molecule has 0 spiro atoms. The van der Waals surface area contributed by atoms with E-state index in [1.54, 1.807) is 24.1 Å². The van der Waals surface area contributed by atoms with E-state index in [2.05, 4.69) is 20.0 Å². The summed E-state index contributed by atoms with van der Waals surface area (Å²) >= 11 is 0. The van der Waals surface area contributed by atoms with Crippen LogP contribution in [0.1, 0.15) is 21.6 Å². The van der Waals surface area contributed by atoms with Gasteiger partial charge in [0, 0.05) is 33.3 Å². The fourth-order valence-electron chi connectivity index (χ4n) is 4.25. The molecule has 0 saturated carbocycles. The highest BCUT2D eigenvalue weighted by Gasteiger charge is 2.41. The lowest BCUT2D eigenvalue weighted by Gasteiger charge is -2.40. The number of rotatable bonds is 10. The summed E-state index contributed by atoms with van der Waals surface area (Å²) in [6, 6.07) is 9.65. The van der Waals surface area contributed by atoms with Gasteiger partial charge in [-0.05, 0) is 35.4 Å². The highest BCUT2D eigenvalue weighted by molar-refractivity contribution is 7.89. The Morgan fingerprint density at radius 1 is 1.02 bits per heavy atom. The van der Waals surface area contributed by atoms with E-state index in [1.165, 1.54) is 6.20 Å². The van der Waals surface area contributed by atoms with Crippen LogP contribution in [0, 0.1) is 0 Å². The van der Waals surface area contributed by atoms with E-state index in [0.717, 1.165) is 45.9 Å². The predicted octanol–water partition coefficient (Wildman–Crippen LogP) is 2.42. The molecule has 1 saturated heterocycles. The van der Waals surface area contributed by atoms with Crippen LogP contribution in [-0.2, 0) is 32.7 Å². The van der Waals surface area contributed by atoms with Crippen LogP contribution in [0.25, 0.3) is 0 Å². The molecular formula is C26H26F3N5O7S. The average Bonchev–Trinajstić information content (AvgIpc) is 2.96. The Bertz CT molecular complexity index is 1500. The minimum absolute atomic E-state index is 0.0698. The number of amides is 1. The van der Waals surface area contributed by atoms with E-state index >= 15 is 0 Å². The Kier molecular flexibility index (Phi) is 9.28. The molecular weight excluding hydrogens is 583 g/mol. The van der Waals surface area contributed by atoms with Gasteiger partial charge in [0.2, 0.25) is 15.9 Å². The molecule has 2 N–H and O–H groups in total. The molecule has 1 aliphatic rings. The summed E-state index contributed by atoms with van der Waals surface area (Å²) in [4.78, 5) is 33.8. The van der Waals surface area contributed by atoms with Crippen molar-refractivity contribution in [3.05, 3.63) is 77.7 Å². The molecule has 224 valence electrons. The second-order valence-electron chi connectivity index (χ2n) is 9.13. The lowest BCUT2D eigenvalue weighted by molar-refractivity contribution is -0.274. The summed E-state index contributed by atoms with van der Waals surface area (Å²) in [6.45, 7) is 0.230. The number of benzene rings is 2. The summed E-state index contributed by atoms with van der Waals surface area (Å²) in [7, 11) is -2.79. The number of hydrogen-bond acceptors (Lipinski definition) is 9. The van der Waals surface area contributed by atoms with Gasteiger partial charge < -0.3 is 24.8 Å². The SMILES string of the molecule is COCc1ccc(CNC(=O)[C@H]2CN(c3cnc(C(=O)O)cn3)CCN2S(=O)(=O)c2ccc(OC(F)(F)F)cc2)cc1. The first-order valence-corrected chi connectivity index (χ1v) is 13.8. The van der Waals surface area contributed by atoms with Crippen LogP contribution >= 0.6 is 0 Å². The third-order valence-electron chi connectivity index (χ3n) is 6.28. The fourth-order valence-corrected chi connectivity index (χ4v) is 5.82. The van der Waals surface area contributed by atoms with Gasteiger partial charge in [0.05, 0.1) is 23.9 Å². The third-order valence-corrected chi connectivity index (χ3v) is 8.20. The van der Waals surface area contributed by atoms with E-state index in [0.29, 0.717) is 6.61 Å². The van der Waals surface area contributed by atoms with E-state index < -0.39 is 40.1 Å². The van der Waals surface area contributed by atoms with Gasteiger partial charge in [-0.2, -0.15) is 4.31 Å². The fraction of sp³-hybridized carbons (Fsp3) is 0.308. The molecule has 3 aromatic rings. The lowest BCUT2D eigenvalue weighted by Crippen LogP contribution is -2.60. The maximum atomic E-state index is 13.6. The number of carboxylic acids is 1. The summed E-state index contributed by atoms with van der Waals surface area (Å²) in [5, 5.41) is 11.8. The number of anilines is 1. The monoisotopic (exact) mass is 609 g/mol. The number of aromatic nitrogens is 2. The molecule has 1 atom stereocenters. The minimum atomic E-state index is -4.95. The van der Waals surface area contributed by atoms with E-state index in [4.69, 9.17) is 9.84 Å². The van der Waals surface area contributed by atoms with Gasteiger partial charge >= 0.3 is 12.3 Å². The zero-order valence-corrected chi connectivity index (χ0v) is 22.9. The number of methoxy groups -OCH3 is 1. The quantitative estimate of drug-likeness (QED) is 0.351. The zero-order valence-electron chi connectivity index (χ0n) is 22.1. The van der Waals surface area contributed by atoms with Crippen molar-refractivity contribution in [2.45, 2.75) is 30.5 Å². The molecule has 1 aliphatic heterocycles. The second-order valence-corrected chi connectivity index (χ2v) is 11.0. The van der Waals surface area contributed by atoms with Gasteiger partial charge in [0.1, 0.15) is 17.6 Å². The predicted molar refractivity (Wildman–Crippen MR) is 141 cm³/mol. The summed E-state index contributed by atoms with van der Waals surface area (Å²) in [6.07, 6.45) is -2.69. The van der Waals surface area contributed by atoms with Gasteiger partial charge in [-0.25, -0.2) is 23.2 Å². The van der Waals surface area contributed by atoms with E-state index in [9.17, 15) is 31.2 Å². The molecule has 0 aliphatic carbocycles. The van der Waals surface area contributed by atoms with Crippen LogP contribution in [0.5, 0.6) is 5.75 Å². The Labute approximate surface area is 238 Å². The maximum Gasteiger partial charge on any atom is 0.573 e. The van der Waals surface area contributed by atoms with Crippen molar-refractivity contribution in [3.8, 4) is 5.75 Å². The number of hydrogen-bond donors (Lipinski definition) is 2. The van der Waals surface area contributed by atoms with Gasteiger partial charge in [-0.3, -0.25) is 4.79 Å². The topological polar surface area (TPSA) is 151 Å². The Morgan fingerprint density at radius 2 is 1.69 bits per heavy atom. The number of halogens is 3. The number of carbonyl (C=O) groups excluding carboxylic acids is 1. The molecule has 0 radical (unpaired) electrons. The molecule has 2 heterocycles. The van der Waals surface area contributed by atoms with Crippen LogP contribution in [0.2, 0.25) is 0 Å². The molecule has 1 aromatic heterocycles. The number of carboxylic acid groups (broad SMARTS) is 1. The van der Waals surface area contributed by atoms with Crippen LogP contribution in [0.15, 0.2) is 65.8 Å². The molecule has 16 heteroatoms. The Balaban J connectivity index is 1.57. The van der Waals surface area contributed by atoms with Crippen molar-refractivity contribution in [2.24, 2.45) is 0 Å². The largest absolute Gasteiger partial charge is 0.573 e. The highest BCUT2D eigenvalue weighted by atomic mass is 32.2. The van der Waals surface area contributed by atoms with Gasteiger partial charge in [0.25, 0.3) is 0 Å². The third kappa shape index (κ3) is 7.51. The van der Waals surface area contributed by atoms with Gasteiger partial charge in [0.15, 0.2) is 5.69 Å². The minimum Gasteiger partial charge on any atom is -0.476 e. The molecule has 42 heavy (non-hydrogen) atoms. The van der Waals surface area contributed by atoms with Crippen LogP contribution in [0.3, 0.4) is 0 Å². The second kappa shape index (κ2) is 12.7. The standard InChI is InChI=1S/C26H26F3N5O7S/c1-40-16-18-4-2-17(3-5-18)12-32-24(35)22-15-33(23-14-30-21(13-31-23)25(36)37)10-11-34(22)42(38,39)20-8-6-19(7-9-20)41-26(27,28)29/h2-9,13-14,22H,10-12,15-16H2,1H3,(H,32,35)(H,36,37)/t22-/m1/s1. The van der Waals surface area contributed by atoms with Crippen molar-refractivity contribution >= 4 is 27.7 Å². The Hall–Kier alpha value is -4.28. The van der Waals surface area contributed by atoms with Crippen molar-refractivity contribution < 1.29 is 45.8 Å². The van der Waals surface area contributed by atoms with Crippen LogP contribution in [0.4, 0.5) is 19.0 Å².